The number of rotatable bonds is 1. The fourth-order valence-corrected chi connectivity index (χ4v) is 4.33. The van der Waals surface area contributed by atoms with E-state index in [1.807, 2.05) is 37.8 Å². The van der Waals surface area contributed by atoms with Crippen LogP contribution in [-0.4, -0.2) is 40.9 Å². The number of likely N-dealkylation sites (tertiary alicyclic amines) is 1. The smallest absolute Gasteiger partial charge is 0.410 e. The van der Waals surface area contributed by atoms with Crippen molar-refractivity contribution in [3.8, 4) is 0 Å². The van der Waals surface area contributed by atoms with Gasteiger partial charge in [0.05, 0.1) is 6.10 Å². The van der Waals surface area contributed by atoms with E-state index in [-0.39, 0.29) is 18.1 Å². The Balaban J connectivity index is 1.81. The van der Waals surface area contributed by atoms with Crippen molar-refractivity contribution in [2.75, 3.05) is 13.1 Å². The molecule has 4 atom stereocenters. The summed E-state index contributed by atoms with van der Waals surface area (Å²) in [4.78, 5) is 14.3. The fraction of sp³-hybridized carbons (Fsp3) is 0.650. The molecule has 24 heavy (non-hydrogen) atoms. The first-order valence-electron chi connectivity index (χ1n) is 8.98. The van der Waals surface area contributed by atoms with Gasteiger partial charge in [-0.1, -0.05) is 24.3 Å². The van der Waals surface area contributed by atoms with E-state index < -0.39 is 5.60 Å². The van der Waals surface area contributed by atoms with Crippen LogP contribution in [0.3, 0.4) is 0 Å². The number of carbonyl (C=O) groups excluding carboxylic acids is 1. The molecule has 4 heteroatoms. The average molecular weight is 331 g/mol. The summed E-state index contributed by atoms with van der Waals surface area (Å²) >= 11 is 0. The topological polar surface area (TPSA) is 49.8 Å². The Morgan fingerprint density at radius 1 is 1.21 bits per heavy atom. The molecule has 4 nitrogen and oxygen atoms in total. The highest BCUT2D eigenvalue weighted by Gasteiger charge is 2.46. The Morgan fingerprint density at radius 3 is 2.58 bits per heavy atom. The average Bonchev–Trinajstić information content (AvgIpc) is 2.91. The number of hydrogen-bond donors (Lipinski definition) is 1. The van der Waals surface area contributed by atoms with Gasteiger partial charge in [0.2, 0.25) is 0 Å². The van der Waals surface area contributed by atoms with Crippen LogP contribution < -0.4 is 0 Å². The molecule has 1 saturated carbocycles. The minimum absolute atomic E-state index is 0.109. The number of aryl methyl sites for hydroxylation is 1. The molecule has 2 fully saturated rings. The molecule has 0 unspecified atom stereocenters. The summed E-state index contributed by atoms with van der Waals surface area (Å²) in [5.74, 6) is 0.866. The molecular weight excluding hydrogens is 302 g/mol. The van der Waals surface area contributed by atoms with Crippen LogP contribution in [0.25, 0.3) is 0 Å². The number of fused-ring (bicyclic) bond motifs is 1. The van der Waals surface area contributed by atoms with E-state index in [0.29, 0.717) is 18.4 Å². The van der Waals surface area contributed by atoms with Crippen LogP contribution in [0.15, 0.2) is 24.3 Å². The summed E-state index contributed by atoms with van der Waals surface area (Å²) in [5.41, 5.74) is 1.98. The molecule has 1 aliphatic heterocycles. The number of benzene rings is 1. The SMILES string of the molecule is Cc1ccccc1[C@H]1[C@@H]2CN(C(=O)OC(C)(C)C)C[C@@H]2CC[C@@H]1O. The molecule has 1 aromatic carbocycles. The molecular formula is C20H29NO3. The highest BCUT2D eigenvalue weighted by molar-refractivity contribution is 5.68. The minimum Gasteiger partial charge on any atom is -0.444 e. The van der Waals surface area contributed by atoms with Gasteiger partial charge < -0.3 is 14.7 Å². The van der Waals surface area contributed by atoms with Crippen molar-refractivity contribution in [1.29, 1.82) is 0 Å². The van der Waals surface area contributed by atoms with Crippen LogP contribution >= 0.6 is 0 Å². The Hall–Kier alpha value is -1.55. The molecule has 0 aromatic heterocycles. The molecule has 1 heterocycles. The van der Waals surface area contributed by atoms with E-state index in [1.165, 1.54) is 11.1 Å². The van der Waals surface area contributed by atoms with E-state index in [2.05, 4.69) is 19.1 Å². The maximum absolute atomic E-state index is 12.4. The summed E-state index contributed by atoms with van der Waals surface area (Å²) in [6.07, 6.45) is 1.23. The molecule has 3 rings (SSSR count). The third-order valence-corrected chi connectivity index (χ3v) is 5.40. The summed E-state index contributed by atoms with van der Waals surface area (Å²) < 4.78 is 5.54. The number of amides is 1. The van der Waals surface area contributed by atoms with Crippen molar-refractivity contribution in [2.24, 2.45) is 11.8 Å². The largest absolute Gasteiger partial charge is 0.444 e. The highest BCUT2D eigenvalue weighted by atomic mass is 16.6. The standard InChI is InChI=1S/C20H29NO3/c1-13-7-5-6-8-15(13)18-16-12-21(19(23)24-20(2,3)4)11-14(16)9-10-17(18)22/h5-8,14,16-18,22H,9-12H2,1-4H3/t14-,16+,17-,18-/m0/s1. The van der Waals surface area contributed by atoms with E-state index in [0.717, 1.165) is 19.4 Å². The first-order valence-corrected chi connectivity index (χ1v) is 8.98. The van der Waals surface area contributed by atoms with Crippen molar-refractivity contribution in [2.45, 2.75) is 58.2 Å². The third kappa shape index (κ3) is 3.44. The summed E-state index contributed by atoms with van der Waals surface area (Å²) in [6, 6.07) is 8.31. The zero-order valence-electron chi connectivity index (χ0n) is 15.2. The molecule has 1 N–H and O–H groups in total. The van der Waals surface area contributed by atoms with Gasteiger partial charge in [-0.15, -0.1) is 0 Å². The van der Waals surface area contributed by atoms with E-state index in [9.17, 15) is 9.90 Å². The van der Waals surface area contributed by atoms with Crippen LogP contribution in [0.5, 0.6) is 0 Å². The molecule has 1 saturated heterocycles. The van der Waals surface area contributed by atoms with Gasteiger partial charge in [-0.25, -0.2) is 4.79 Å². The number of aliphatic hydroxyl groups excluding tert-OH is 1. The van der Waals surface area contributed by atoms with Gasteiger partial charge in [0.15, 0.2) is 0 Å². The zero-order valence-corrected chi connectivity index (χ0v) is 15.2. The normalized spacial score (nSPS) is 30.1. The van der Waals surface area contributed by atoms with Crippen LogP contribution in [0.1, 0.15) is 50.7 Å². The maximum Gasteiger partial charge on any atom is 0.410 e. The second-order valence-corrected chi connectivity index (χ2v) is 8.34. The molecule has 1 amide bonds. The van der Waals surface area contributed by atoms with Gasteiger partial charge in [0, 0.05) is 19.0 Å². The first kappa shape index (κ1) is 17.3. The molecule has 1 aliphatic carbocycles. The summed E-state index contributed by atoms with van der Waals surface area (Å²) in [7, 11) is 0. The van der Waals surface area contributed by atoms with Gasteiger partial charge >= 0.3 is 6.09 Å². The van der Waals surface area contributed by atoms with E-state index in [1.54, 1.807) is 0 Å². The lowest BCUT2D eigenvalue weighted by molar-refractivity contribution is 0.0278. The number of nitrogens with zero attached hydrogens (tertiary/aromatic N) is 1. The fourth-order valence-electron chi connectivity index (χ4n) is 4.33. The van der Waals surface area contributed by atoms with Gasteiger partial charge in [0.25, 0.3) is 0 Å². The number of ether oxygens (including phenoxy) is 1. The lowest BCUT2D eigenvalue weighted by Crippen LogP contribution is -2.37. The van der Waals surface area contributed by atoms with Gasteiger partial charge in [0.1, 0.15) is 5.60 Å². The minimum atomic E-state index is -0.472. The lowest BCUT2D eigenvalue weighted by atomic mass is 9.68. The van der Waals surface area contributed by atoms with Crippen LogP contribution in [0.4, 0.5) is 4.79 Å². The first-order chi connectivity index (χ1) is 11.3. The number of hydrogen-bond acceptors (Lipinski definition) is 3. The number of aliphatic hydroxyl groups is 1. The quantitative estimate of drug-likeness (QED) is 0.853. The molecule has 0 radical (unpaired) electrons. The van der Waals surface area contributed by atoms with Crippen LogP contribution in [-0.2, 0) is 4.74 Å². The predicted octanol–water partition coefficient (Wildman–Crippen LogP) is 3.72. The Bertz CT molecular complexity index is 607. The highest BCUT2D eigenvalue weighted by Crippen LogP contribution is 2.46. The van der Waals surface area contributed by atoms with Crippen LogP contribution in [0, 0.1) is 18.8 Å². The zero-order chi connectivity index (χ0) is 17.5. The van der Waals surface area contributed by atoms with Crippen LogP contribution in [0.2, 0.25) is 0 Å². The van der Waals surface area contributed by atoms with Gasteiger partial charge in [-0.05, 0) is 63.5 Å². The van der Waals surface area contributed by atoms with Crippen molar-refractivity contribution < 1.29 is 14.6 Å². The van der Waals surface area contributed by atoms with Crippen molar-refractivity contribution in [3.63, 3.8) is 0 Å². The Morgan fingerprint density at radius 2 is 1.92 bits per heavy atom. The van der Waals surface area contributed by atoms with Gasteiger partial charge in [-0.2, -0.15) is 0 Å². The molecule has 0 bridgehead atoms. The predicted molar refractivity (Wildman–Crippen MR) is 93.9 cm³/mol. The molecule has 132 valence electrons. The Kier molecular flexibility index (Phi) is 4.60. The van der Waals surface area contributed by atoms with E-state index >= 15 is 0 Å². The van der Waals surface area contributed by atoms with Crippen molar-refractivity contribution >= 4 is 6.09 Å². The third-order valence-electron chi connectivity index (χ3n) is 5.40. The molecule has 2 aliphatic rings. The Labute approximate surface area is 144 Å². The van der Waals surface area contributed by atoms with Crippen molar-refractivity contribution in [3.05, 3.63) is 35.4 Å². The monoisotopic (exact) mass is 331 g/mol. The number of carbonyl (C=O) groups is 1. The second kappa shape index (κ2) is 6.40. The second-order valence-electron chi connectivity index (χ2n) is 8.34. The molecule has 0 spiro atoms. The van der Waals surface area contributed by atoms with E-state index in [4.69, 9.17) is 4.74 Å². The lowest BCUT2D eigenvalue weighted by Gasteiger charge is -2.37. The molecule has 1 aromatic rings. The summed E-state index contributed by atoms with van der Waals surface area (Å²) in [6.45, 7) is 9.21. The maximum atomic E-state index is 12.4. The summed E-state index contributed by atoms with van der Waals surface area (Å²) in [5, 5.41) is 10.7. The van der Waals surface area contributed by atoms with Crippen molar-refractivity contribution in [1.82, 2.24) is 4.90 Å². The van der Waals surface area contributed by atoms with Gasteiger partial charge in [-0.3, -0.25) is 0 Å².